The maximum atomic E-state index is 14.9. The second-order valence-electron chi connectivity index (χ2n) is 7.87. The molecule has 7 heteroatoms. The minimum Gasteiger partial charge on any atom is -0.348 e. The van der Waals surface area contributed by atoms with Crippen molar-refractivity contribution >= 4 is 32.4 Å². The van der Waals surface area contributed by atoms with E-state index in [-0.39, 0.29) is 5.82 Å². The average Bonchev–Trinajstić information content (AvgIpc) is 3.18. The predicted octanol–water partition coefficient (Wildman–Crippen LogP) is 4.39. The Bertz CT molecular complexity index is 1070. The Morgan fingerprint density at radius 3 is 2.90 bits per heavy atom. The summed E-state index contributed by atoms with van der Waals surface area (Å²) in [4.78, 5) is 6.82. The maximum absolute atomic E-state index is 14.9. The molecule has 4 heterocycles. The van der Waals surface area contributed by atoms with Gasteiger partial charge in [-0.1, -0.05) is 23.0 Å². The lowest BCUT2D eigenvalue weighted by molar-refractivity contribution is 0.443. The summed E-state index contributed by atoms with van der Waals surface area (Å²) >= 11 is 1.55. The van der Waals surface area contributed by atoms with Crippen LogP contribution in [0.1, 0.15) is 31.7 Å². The van der Waals surface area contributed by atoms with Crippen molar-refractivity contribution in [2.45, 2.75) is 32.2 Å². The molecule has 3 aliphatic rings. The molecule has 0 amide bonds. The van der Waals surface area contributed by atoms with Crippen LogP contribution < -0.4 is 10.2 Å². The monoisotopic (exact) mass is 409 g/mol. The molecule has 1 aromatic heterocycles. The van der Waals surface area contributed by atoms with Crippen LogP contribution >= 0.6 is 11.3 Å². The first-order chi connectivity index (χ1) is 14.1. The van der Waals surface area contributed by atoms with Gasteiger partial charge in [-0.25, -0.2) is 14.4 Å². The van der Waals surface area contributed by atoms with Gasteiger partial charge < -0.3 is 10.2 Å². The molecule has 1 saturated heterocycles. The van der Waals surface area contributed by atoms with Crippen molar-refractivity contribution in [3.8, 4) is 0 Å². The summed E-state index contributed by atoms with van der Waals surface area (Å²) in [6.45, 7) is 4.13. The van der Waals surface area contributed by atoms with Crippen LogP contribution in [0, 0.1) is 5.82 Å². The summed E-state index contributed by atoms with van der Waals surface area (Å²) in [5.74, 6) is -0.290. The molecule has 0 spiro atoms. The lowest BCUT2D eigenvalue weighted by atomic mass is 10.1. The zero-order valence-electron chi connectivity index (χ0n) is 16.7. The van der Waals surface area contributed by atoms with Crippen molar-refractivity contribution in [2.75, 3.05) is 25.0 Å². The van der Waals surface area contributed by atoms with E-state index in [0.717, 1.165) is 59.2 Å². The number of nitrogens with zero attached hydrogens (tertiary/aromatic N) is 4. The SMILES string of the molecule is CC1=CN2N=C(c3cc(F)c4nc(N(C)C5CCNCC5)sc4c3)C=CC2=CC1. The number of fused-ring (bicyclic) bond motifs is 2. The Hall–Kier alpha value is -2.51. The summed E-state index contributed by atoms with van der Waals surface area (Å²) in [6.07, 6.45) is 11.3. The van der Waals surface area contributed by atoms with Crippen LogP contribution in [0.15, 0.2) is 52.9 Å². The van der Waals surface area contributed by atoms with E-state index in [2.05, 4.69) is 35.2 Å². The van der Waals surface area contributed by atoms with E-state index in [1.54, 1.807) is 17.4 Å². The molecule has 1 aromatic carbocycles. The third kappa shape index (κ3) is 3.49. The molecule has 5 rings (SSSR count). The van der Waals surface area contributed by atoms with Crippen molar-refractivity contribution in [3.63, 3.8) is 0 Å². The van der Waals surface area contributed by atoms with E-state index in [9.17, 15) is 4.39 Å². The minimum atomic E-state index is -0.290. The minimum absolute atomic E-state index is 0.290. The van der Waals surface area contributed by atoms with Gasteiger partial charge in [0, 0.05) is 24.9 Å². The third-order valence-electron chi connectivity index (χ3n) is 5.76. The lowest BCUT2D eigenvalue weighted by Crippen LogP contribution is -2.41. The maximum Gasteiger partial charge on any atom is 0.186 e. The van der Waals surface area contributed by atoms with Gasteiger partial charge in [-0.2, -0.15) is 5.10 Å². The van der Waals surface area contributed by atoms with Crippen LogP contribution in [0.3, 0.4) is 0 Å². The fraction of sp³-hybridized carbons (Fsp3) is 0.364. The summed E-state index contributed by atoms with van der Waals surface area (Å²) in [6, 6.07) is 4.01. The molecular formula is C22H24FN5S. The second-order valence-corrected chi connectivity index (χ2v) is 8.87. The number of nitrogens with one attached hydrogen (secondary N) is 1. The third-order valence-corrected chi connectivity index (χ3v) is 6.85. The summed E-state index contributed by atoms with van der Waals surface area (Å²) in [5, 5.41) is 10.8. The molecule has 1 N–H and O–H groups in total. The first-order valence-electron chi connectivity index (χ1n) is 10.1. The molecule has 0 radical (unpaired) electrons. The molecule has 150 valence electrons. The Balaban J connectivity index is 1.48. The van der Waals surface area contributed by atoms with E-state index < -0.39 is 0 Å². The highest BCUT2D eigenvalue weighted by molar-refractivity contribution is 7.22. The second kappa shape index (κ2) is 7.39. The number of aromatic nitrogens is 1. The Morgan fingerprint density at radius 1 is 1.24 bits per heavy atom. The van der Waals surface area contributed by atoms with E-state index >= 15 is 0 Å². The average molecular weight is 410 g/mol. The van der Waals surface area contributed by atoms with Gasteiger partial charge in [0.15, 0.2) is 10.9 Å². The standard InChI is InChI=1S/C22H24FN5S/c1-14-3-4-17-5-6-19(26-28(17)13-14)15-11-18(23)21-20(12-15)29-22(25-21)27(2)16-7-9-24-10-8-16/h4-6,11-13,16,24H,3,7-10H2,1-2H3. The van der Waals surface area contributed by atoms with Crippen LogP contribution in [-0.2, 0) is 0 Å². The number of piperidine rings is 1. The number of rotatable bonds is 3. The van der Waals surface area contributed by atoms with Gasteiger partial charge in [-0.3, -0.25) is 0 Å². The quantitative estimate of drug-likeness (QED) is 0.817. The number of allylic oxidation sites excluding steroid dienone is 4. The van der Waals surface area contributed by atoms with Crippen molar-refractivity contribution in [1.29, 1.82) is 0 Å². The fourth-order valence-corrected chi connectivity index (χ4v) is 5.07. The topological polar surface area (TPSA) is 43.8 Å². The molecule has 29 heavy (non-hydrogen) atoms. The van der Waals surface area contributed by atoms with E-state index in [1.807, 2.05) is 29.4 Å². The van der Waals surface area contributed by atoms with E-state index in [4.69, 9.17) is 5.10 Å². The molecular weight excluding hydrogens is 385 g/mol. The van der Waals surface area contributed by atoms with Gasteiger partial charge in [-0.15, -0.1) is 0 Å². The van der Waals surface area contributed by atoms with Gasteiger partial charge in [-0.05, 0) is 63.6 Å². The molecule has 2 aromatic rings. The molecule has 1 fully saturated rings. The zero-order valence-corrected chi connectivity index (χ0v) is 17.5. The van der Waals surface area contributed by atoms with Crippen LogP contribution in [0.4, 0.5) is 9.52 Å². The summed E-state index contributed by atoms with van der Waals surface area (Å²) < 4.78 is 15.8. The number of thiazole rings is 1. The van der Waals surface area contributed by atoms with Crippen molar-refractivity contribution in [1.82, 2.24) is 15.3 Å². The Morgan fingerprint density at radius 2 is 2.07 bits per heavy atom. The molecule has 3 aliphatic heterocycles. The molecule has 0 aliphatic carbocycles. The zero-order chi connectivity index (χ0) is 20.0. The van der Waals surface area contributed by atoms with Gasteiger partial charge >= 0.3 is 0 Å². The van der Waals surface area contributed by atoms with E-state index in [1.165, 1.54) is 5.57 Å². The number of halogens is 1. The summed E-state index contributed by atoms with van der Waals surface area (Å²) in [5.41, 5.74) is 4.30. The van der Waals surface area contributed by atoms with E-state index in [0.29, 0.717) is 11.6 Å². The first-order valence-corrected chi connectivity index (χ1v) is 10.9. The Kier molecular flexibility index (Phi) is 4.72. The first kappa shape index (κ1) is 18.5. The summed E-state index contributed by atoms with van der Waals surface area (Å²) in [7, 11) is 2.07. The van der Waals surface area contributed by atoms with Crippen molar-refractivity contribution in [3.05, 3.63) is 59.2 Å². The Labute approximate surface area is 173 Å². The highest BCUT2D eigenvalue weighted by Crippen LogP contribution is 2.33. The predicted molar refractivity (Wildman–Crippen MR) is 118 cm³/mol. The molecule has 0 unspecified atom stereocenters. The van der Waals surface area contributed by atoms with Crippen LogP contribution in [0.25, 0.3) is 10.2 Å². The van der Waals surface area contributed by atoms with Gasteiger partial charge in [0.1, 0.15) is 5.52 Å². The number of hydrazone groups is 1. The fourth-order valence-electron chi connectivity index (χ4n) is 4.02. The van der Waals surface area contributed by atoms with Crippen molar-refractivity contribution < 1.29 is 4.39 Å². The molecule has 0 bridgehead atoms. The number of anilines is 1. The number of benzene rings is 1. The smallest absolute Gasteiger partial charge is 0.186 e. The largest absolute Gasteiger partial charge is 0.348 e. The number of hydrogen-bond acceptors (Lipinski definition) is 6. The van der Waals surface area contributed by atoms with Crippen LogP contribution in [0.5, 0.6) is 0 Å². The highest BCUT2D eigenvalue weighted by atomic mass is 32.1. The number of hydrogen-bond donors (Lipinski definition) is 1. The normalized spacial score (nSPS) is 19.7. The molecule has 0 saturated carbocycles. The molecule has 0 atom stereocenters. The van der Waals surface area contributed by atoms with Gasteiger partial charge in [0.2, 0.25) is 0 Å². The van der Waals surface area contributed by atoms with Crippen molar-refractivity contribution in [2.24, 2.45) is 5.10 Å². The van der Waals surface area contributed by atoms with Gasteiger partial charge in [0.05, 0.1) is 16.1 Å². The van der Waals surface area contributed by atoms with Gasteiger partial charge in [0.25, 0.3) is 0 Å². The van der Waals surface area contributed by atoms with Crippen LogP contribution in [0.2, 0.25) is 0 Å². The lowest BCUT2D eigenvalue weighted by Gasteiger charge is -2.31. The van der Waals surface area contributed by atoms with Crippen LogP contribution in [-0.4, -0.2) is 41.9 Å². The molecule has 5 nitrogen and oxygen atoms in total. The highest BCUT2D eigenvalue weighted by Gasteiger charge is 2.22.